The van der Waals surface area contributed by atoms with Crippen molar-refractivity contribution in [2.45, 2.75) is 32.6 Å². The Morgan fingerprint density at radius 1 is 0.613 bits per heavy atom. The van der Waals surface area contributed by atoms with Crippen molar-refractivity contribution in [3.63, 3.8) is 0 Å². The van der Waals surface area contributed by atoms with Gasteiger partial charge in [-0.15, -0.1) is 0 Å². The lowest BCUT2D eigenvalue weighted by molar-refractivity contribution is 0.680. The molecular formula is C30H29N. The molecule has 154 valence electrons. The second kappa shape index (κ2) is 7.42. The molecule has 0 atom stereocenters. The third-order valence-corrected chi connectivity index (χ3v) is 6.87. The van der Waals surface area contributed by atoms with Crippen molar-refractivity contribution in [3.05, 3.63) is 130 Å². The van der Waals surface area contributed by atoms with Gasteiger partial charge in [-0.1, -0.05) is 99.3 Å². The number of nitrogens with zero attached hydrogens (tertiary/aromatic N) is 1. The molecule has 1 heteroatoms. The van der Waals surface area contributed by atoms with Crippen molar-refractivity contribution < 1.29 is 0 Å². The molecule has 1 spiro atoms. The fourth-order valence-electron chi connectivity index (χ4n) is 5.80. The second-order valence-electron chi connectivity index (χ2n) is 8.43. The Morgan fingerprint density at radius 2 is 1.03 bits per heavy atom. The van der Waals surface area contributed by atoms with Crippen LogP contribution in [0.15, 0.2) is 97.1 Å². The summed E-state index contributed by atoms with van der Waals surface area (Å²) in [5.74, 6) is 0. The predicted molar refractivity (Wildman–Crippen MR) is 132 cm³/mol. The minimum Gasteiger partial charge on any atom is -0.341 e. The highest BCUT2D eigenvalue weighted by Gasteiger charge is 2.49. The predicted octanol–water partition coefficient (Wildman–Crippen LogP) is 7.47. The summed E-state index contributed by atoms with van der Waals surface area (Å²) in [6, 6.07) is 36.2. The SMILES string of the molecule is C.CCCN1c2ccccc2C2(c3ccccc3Cc3ccccc32)c2ccccc21. The van der Waals surface area contributed by atoms with Gasteiger partial charge in [-0.3, -0.25) is 0 Å². The van der Waals surface area contributed by atoms with Crippen molar-refractivity contribution in [2.75, 3.05) is 11.4 Å². The second-order valence-corrected chi connectivity index (χ2v) is 8.43. The Hall–Kier alpha value is -3.32. The van der Waals surface area contributed by atoms with Crippen LogP contribution in [0.4, 0.5) is 11.4 Å². The zero-order chi connectivity index (χ0) is 20.1. The Kier molecular flexibility index (Phi) is 4.70. The third kappa shape index (κ3) is 2.56. The number of benzene rings is 4. The molecule has 1 heterocycles. The van der Waals surface area contributed by atoms with Gasteiger partial charge in [0.1, 0.15) is 0 Å². The lowest BCUT2D eigenvalue weighted by Crippen LogP contribution is -2.42. The van der Waals surface area contributed by atoms with Gasteiger partial charge in [0.15, 0.2) is 0 Å². The normalized spacial score (nSPS) is 14.7. The van der Waals surface area contributed by atoms with E-state index in [1.54, 1.807) is 0 Å². The van der Waals surface area contributed by atoms with E-state index < -0.39 is 0 Å². The number of fused-ring (bicyclic) bond motifs is 8. The molecule has 4 aromatic rings. The maximum Gasteiger partial charge on any atom is 0.0747 e. The first-order valence-corrected chi connectivity index (χ1v) is 11.0. The van der Waals surface area contributed by atoms with E-state index in [1.165, 1.54) is 44.8 Å². The summed E-state index contributed by atoms with van der Waals surface area (Å²) in [4.78, 5) is 2.52. The minimum absolute atomic E-state index is 0. The Balaban J connectivity index is 0.00000204. The summed E-state index contributed by atoms with van der Waals surface area (Å²) in [5.41, 5.74) is 10.9. The van der Waals surface area contributed by atoms with Gasteiger partial charge < -0.3 is 4.90 Å². The van der Waals surface area contributed by atoms with E-state index in [1.807, 2.05) is 0 Å². The molecule has 31 heavy (non-hydrogen) atoms. The van der Waals surface area contributed by atoms with Gasteiger partial charge in [0.05, 0.1) is 5.41 Å². The lowest BCUT2D eigenvalue weighted by atomic mass is 9.58. The highest BCUT2D eigenvalue weighted by atomic mass is 15.1. The largest absolute Gasteiger partial charge is 0.341 e. The first-order chi connectivity index (χ1) is 14.9. The first kappa shape index (κ1) is 19.6. The van der Waals surface area contributed by atoms with Gasteiger partial charge in [0.2, 0.25) is 0 Å². The number of hydrogen-bond acceptors (Lipinski definition) is 1. The summed E-state index contributed by atoms with van der Waals surface area (Å²) >= 11 is 0. The fourth-order valence-corrected chi connectivity index (χ4v) is 5.80. The van der Waals surface area contributed by atoms with Crippen LogP contribution in [0.5, 0.6) is 0 Å². The average Bonchev–Trinajstić information content (AvgIpc) is 2.81. The number of anilines is 2. The Bertz CT molecular complexity index is 1160. The van der Waals surface area contributed by atoms with Crippen molar-refractivity contribution in [1.29, 1.82) is 0 Å². The maximum atomic E-state index is 2.52. The van der Waals surface area contributed by atoms with Crippen molar-refractivity contribution in [3.8, 4) is 0 Å². The van der Waals surface area contributed by atoms with E-state index in [4.69, 9.17) is 0 Å². The minimum atomic E-state index is -0.275. The smallest absolute Gasteiger partial charge is 0.0747 e. The molecule has 6 rings (SSSR count). The summed E-state index contributed by atoms with van der Waals surface area (Å²) in [6.07, 6.45) is 2.11. The van der Waals surface area contributed by atoms with Gasteiger partial charge >= 0.3 is 0 Å². The highest BCUT2D eigenvalue weighted by Crippen LogP contribution is 2.58. The maximum absolute atomic E-state index is 2.52. The first-order valence-electron chi connectivity index (χ1n) is 11.0. The monoisotopic (exact) mass is 403 g/mol. The zero-order valence-corrected chi connectivity index (χ0v) is 17.3. The molecule has 4 aromatic carbocycles. The molecule has 0 bridgehead atoms. The van der Waals surface area contributed by atoms with E-state index in [9.17, 15) is 0 Å². The Morgan fingerprint density at radius 3 is 1.52 bits per heavy atom. The van der Waals surface area contributed by atoms with E-state index >= 15 is 0 Å². The van der Waals surface area contributed by atoms with Gasteiger partial charge in [-0.25, -0.2) is 0 Å². The van der Waals surface area contributed by atoms with Gasteiger partial charge in [-0.2, -0.15) is 0 Å². The van der Waals surface area contributed by atoms with E-state index in [0.717, 1.165) is 19.4 Å². The summed E-state index contributed by atoms with van der Waals surface area (Å²) in [6.45, 7) is 3.29. The van der Waals surface area contributed by atoms with Gasteiger partial charge in [-0.05, 0) is 58.4 Å². The van der Waals surface area contributed by atoms with Crippen LogP contribution in [0.3, 0.4) is 0 Å². The van der Waals surface area contributed by atoms with Crippen LogP contribution in [-0.2, 0) is 11.8 Å². The zero-order valence-electron chi connectivity index (χ0n) is 17.3. The molecule has 0 aromatic heterocycles. The van der Waals surface area contributed by atoms with Gasteiger partial charge in [0, 0.05) is 17.9 Å². The number of rotatable bonds is 2. The molecule has 1 aliphatic carbocycles. The van der Waals surface area contributed by atoms with Crippen LogP contribution in [-0.4, -0.2) is 6.54 Å². The fraction of sp³-hybridized carbons (Fsp3) is 0.200. The van der Waals surface area contributed by atoms with Crippen molar-refractivity contribution >= 4 is 11.4 Å². The molecule has 0 radical (unpaired) electrons. The van der Waals surface area contributed by atoms with E-state index in [2.05, 4.69) is 109 Å². The molecular weight excluding hydrogens is 374 g/mol. The van der Waals surface area contributed by atoms with E-state index in [0.29, 0.717) is 0 Å². The van der Waals surface area contributed by atoms with E-state index in [-0.39, 0.29) is 12.8 Å². The standard InChI is InChI=1S/C29H25N.CH4/c1-2-19-30-27-17-9-7-15-25(27)29(26-16-8-10-18-28(26)30)23-13-5-3-11-21(23)20-22-12-4-6-14-24(22)29;/h3-18H,2,19-20H2,1H3;1H4. The van der Waals surface area contributed by atoms with Crippen LogP contribution in [0.25, 0.3) is 0 Å². The quantitative estimate of drug-likeness (QED) is 0.295. The summed E-state index contributed by atoms with van der Waals surface area (Å²) < 4.78 is 0. The molecule has 0 saturated heterocycles. The van der Waals surface area contributed by atoms with Crippen molar-refractivity contribution in [1.82, 2.24) is 0 Å². The third-order valence-electron chi connectivity index (χ3n) is 6.87. The van der Waals surface area contributed by atoms with Crippen LogP contribution in [0.1, 0.15) is 54.2 Å². The molecule has 0 amide bonds. The average molecular weight is 404 g/mol. The van der Waals surface area contributed by atoms with Gasteiger partial charge in [0.25, 0.3) is 0 Å². The number of para-hydroxylation sites is 2. The van der Waals surface area contributed by atoms with Crippen LogP contribution in [0, 0.1) is 0 Å². The molecule has 0 fully saturated rings. The van der Waals surface area contributed by atoms with Crippen LogP contribution in [0.2, 0.25) is 0 Å². The molecule has 1 aliphatic heterocycles. The molecule has 0 saturated carbocycles. The number of hydrogen-bond donors (Lipinski definition) is 0. The molecule has 0 N–H and O–H groups in total. The molecule has 0 unspecified atom stereocenters. The summed E-state index contributed by atoms with van der Waals surface area (Å²) in [5, 5.41) is 0. The van der Waals surface area contributed by atoms with Crippen molar-refractivity contribution in [2.24, 2.45) is 0 Å². The summed E-state index contributed by atoms with van der Waals surface area (Å²) in [7, 11) is 0. The molecule has 1 nitrogen and oxygen atoms in total. The highest BCUT2D eigenvalue weighted by molar-refractivity contribution is 5.84. The molecule has 2 aliphatic rings. The Labute approximate surface area is 186 Å². The van der Waals surface area contributed by atoms with Crippen LogP contribution >= 0.6 is 0 Å². The lowest BCUT2D eigenvalue weighted by Gasteiger charge is -2.49. The topological polar surface area (TPSA) is 3.24 Å². The van der Waals surface area contributed by atoms with Crippen LogP contribution < -0.4 is 4.90 Å².